The zero-order valence-electron chi connectivity index (χ0n) is 21.3. The number of carbonyl (C=O) groups is 1. The Kier molecular flexibility index (Phi) is 6.97. The Morgan fingerprint density at radius 1 is 1.13 bits per heavy atom. The number of rotatable bonds is 8. The van der Waals surface area contributed by atoms with Crippen LogP contribution in [0.2, 0.25) is 0 Å². The van der Waals surface area contributed by atoms with Crippen molar-refractivity contribution in [1.29, 1.82) is 0 Å². The maximum absolute atomic E-state index is 14.3. The maximum atomic E-state index is 14.3. The van der Waals surface area contributed by atoms with Crippen LogP contribution in [0.15, 0.2) is 48.7 Å². The number of amides is 1. The number of hydrogen-bond donors (Lipinski definition) is 4. The van der Waals surface area contributed by atoms with Gasteiger partial charge in [0.15, 0.2) is 5.75 Å². The topological polar surface area (TPSA) is 160 Å². The molecule has 14 heteroatoms. The number of aromatic amines is 2. The van der Waals surface area contributed by atoms with Crippen LogP contribution in [0.3, 0.4) is 0 Å². The molecule has 39 heavy (non-hydrogen) atoms. The summed E-state index contributed by atoms with van der Waals surface area (Å²) in [5.74, 6) is -0.377. The van der Waals surface area contributed by atoms with Crippen LogP contribution in [0, 0.1) is 5.82 Å². The van der Waals surface area contributed by atoms with Gasteiger partial charge in [0.1, 0.15) is 11.5 Å². The highest BCUT2D eigenvalue weighted by molar-refractivity contribution is 7.88. The van der Waals surface area contributed by atoms with Crippen LogP contribution < -0.4 is 31.0 Å². The summed E-state index contributed by atoms with van der Waals surface area (Å²) in [5, 5.41) is 6.92. The van der Waals surface area contributed by atoms with Gasteiger partial charge in [0.05, 0.1) is 30.0 Å². The molecule has 4 aromatic rings. The van der Waals surface area contributed by atoms with Gasteiger partial charge in [-0.1, -0.05) is 11.1 Å². The van der Waals surface area contributed by atoms with Crippen molar-refractivity contribution in [3.05, 3.63) is 60.0 Å². The predicted molar refractivity (Wildman–Crippen MR) is 146 cm³/mol. The van der Waals surface area contributed by atoms with Crippen LogP contribution in [-0.4, -0.2) is 68.1 Å². The largest absolute Gasteiger partial charge is 0.493 e. The molecule has 6 N–H and O–H groups in total. The lowest BCUT2D eigenvalue weighted by Gasteiger charge is -2.34. The van der Waals surface area contributed by atoms with E-state index in [-0.39, 0.29) is 11.3 Å². The molecule has 0 radical (unpaired) electrons. The van der Waals surface area contributed by atoms with Crippen molar-refractivity contribution >= 4 is 55.8 Å². The van der Waals surface area contributed by atoms with Crippen molar-refractivity contribution in [2.75, 3.05) is 55.1 Å². The second kappa shape index (κ2) is 10.4. The van der Waals surface area contributed by atoms with Crippen molar-refractivity contribution in [2.24, 2.45) is 5.73 Å². The molecule has 204 valence electrons. The lowest BCUT2D eigenvalue weighted by molar-refractivity contribution is -0.333. The zero-order valence-corrected chi connectivity index (χ0v) is 22.1. The summed E-state index contributed by atoms with van der Waals surface area (Å²) in [6.45, 7) is 1.94. The number of carbonyl (C=O) groups excluding carboxylic acids is 1. The number of nitrogens with one attached hydrogen (secondary N) is 4. The van der Waals surface area contributed by atoms with E-state index in [1.54, 1.807) is 25.4 Å². The van der Waals surface area contributed by atoms with Crippen LogP contribution in [0.1, 0.15) is 10.4 Å². The van der Waals surface area contributed by atoms with Gasteiger partial charge in [-0.2, -0.15) is 4.31 Å². The Bertz CT molecular complexity index is 1650. The summed E-state index contributed by atoms with van der Waals surface area (Å²) in [5.41, 5.74) is 7.48. The fourth-order valence-electron chi connectivity index (χ4n) is 4.53. The fraction of sp³-hybridized carbons (Fsp3) is 0.240. The van der Waals surface area contributed by atoms with Crippen molar-refractivity contribution in [3.8, 4) is 5.75 Å². The second-order valence-electron chi connectivity index (χ2n) is 9.01. The third-order valence-corrected chi connectivity index (χ3v) is 7.80. The number of benzene rings is 2. The number of nitrogens with two attached hydrogens (primary N) is 1. The number of methoxy groups -OCH3 is 1. The Balaban J connectivity index is 1.41. The van der Waals surface area contributed by atoms with E-state index >= 15 is 0 Å². The van der Waals surface area contributed by atoms with Gasteiger partial charge in [-0.15, -0.1) is 0 Å². The number of nitrogens with zero attached hydrogens (tertiary/aromatic N) is 3. The molecule has 1 amide bonds. The van der Waals surface area contributed by atoms with Crippen molar-refractivity contribution in [2.45, 2.75) is 0 Å². The number of ether oxygens (including phenoxy) is 1. The molecular weight excluding hydrogens is 527 g/mol. The van der Waals surface area contributed by atoms with Crippen LogP contribution >= 0.6 is 0 Å². The zero-order chi connectivity index (χ0) is 27.7. The third-order valence-electron chi connectivity index (χ3n) is 6.49. The molecule has 0 bridgehead atoms. The first kappa shape index (κ1) is 26.2. The molecule has 0 unspecified atom stereocenters. The first-order chi connectivity index (χ1) is 18.6. The highest BCUT2D eigenvalue weighted by Crippen LogP contribution is 2.33. The standard InChI is InChI=1S/C25H27FN8O4S/c1-38-20-14-15(33-10-12-34(13-11-33)39(2,36)37)6-7-18(20)30-25-31-23-16(8-9-28-23)24(32-25)29-19-5-3-4-17(26)21(19)22(27)35/h3-9,14H,10-13H2,1-2H3,(H2,27,35)(H3,28,29,30,31,32)/p+1. The number of hydrogen-bond acceptors (Lipinski definition) is 8. The third kappa shape index (κ3) is 5.42. The predicted octanol–water partition coefficient (Wildman–Crippen LogP) is 2.19. The Morgan fingerprint density at radius 2 is 1.90 bits per heavy atom. The van der Waals surface area contributed by atoms with E-state index < -0.39 is 21.7 Å². The summed E-state index contributed by atoms with van der Waals surface area (Å²) in [6, 6.07) is 11.6. The van der Waals surface area contributed by atoms with E-state index in [9.17, 15) is 17.6 Å². The van der Waals surface area contributed by atoms with Crippen molar-refractivity contribution in [1.82, 2.24) is 14.3 Å². The normalized spacial score (nSPS) is 14.4. The molecule has 12 nitrogen and oxygen atoms in total. The van der Waals surface area contributed by atoms with E-state index in [1.165, 1.54) is 16.6 Å². The van der Waals surface area contributed by atoms with Crippen molar-refractivity contribution in [3.63, 3.8) is 0 Å². The monoisotopic (exact) mass is 555 g/mol. The number of fused-ring (bicyclic) bond motifs is 1. The molecule has 0 saturated carbocycles. The molecule has 0 atom stereocenters. The maximum Gasteiger partial charge on any atom is 0.351 e. The summed E-state index contributed by atoms with van der Waals surface area (Å²) in [6.07, 6.45) is 2.94. The Morgan fingerprint density at radius 3 is 2.59 bits per heavy atom. The van der Waals surface area contributed by atoms with Crippen LogP contribution in [0.5, 0.6) is 5.75 Å². The van der Waals surface area contributed by atoms with Gasteiger partial charge < -0.3 is 20.7 Å². The minimum Gasteiger partial charge on any atom is -0.493 e. The molecule has 1 saturated heterocycles. The molecule has 3 heterocycles. The highest BCUT2D eigenvalue weighted by Gasteiger charge is 2.25. The lowest BCUT2D eigenvalue weighted by Crippen LogP contribution is -2.48. The van der Waals surface area contributed by atoms with Crippen molar-refractivity contribution < 1.29 is 27.3 Å². The van der Waals surface area contributed by atoms with Gasteiger partial charge in [0.25, 0.3) is 5.91 Å². The average molecular weight is 556 g/mol. The minimum atomic E-state index is -3.22. The molecule has 2 aromatic heterocycles. The molecular formula is C25H28FN8O4S+. The number of primary amides is 1. The van der Waals surface area contributed by atoms with Gasteiger partial charge in [-0.05, 0) is 30.3 Å². The van der Waals surface area contributed by atoms with Gasteiger partial charge in [-0.25, -0.2) is 17.8 Å². The first-order valence-corrected chi connectivity index (χ1v) is 13.9. The smallest absolute Gasteiger partial charge is 0.351 e. The second-order valence-corrected chi connectivity index (χ2v) is 11.0. The molecule has 1 aliphatic heterocycles. The molecule has 0 spiro atoms. The summed E-state index contributed by atoms with van der Waals surface area (Å²) in [7, 11) is -1.66. The first-order valence-electron chi connectivity index (χ1n) is 12.0. The molecule has 1 aliphatic rings. The van der Waals surface area contributed by atoms with E-state index in [0.29, 0.717) is 60.4 Å². The Labute approximate surface area is 224 Å². The number of H-pyrrole nitrogens is 2. The SMILES string of the molecule is COc1cc(N2CCN(S(C)(=O)=O)CC2)ccc1Nc1nc(Nc2cccc(F)c2C(N)=O)c2cc[nH]c2[nH+]1. The van der Waals surface area contributed by atoms with E-state index in [1.807, 2.05) is 18.2 Å². The lowest BCUT2D eigenvalue weighted by atomic mass is 10.1. The number of sulfonamides is 1. The molecule has 0 aliphatic carbocycles. The van der Waals surface area contributed by atoms with Crippen LogP contribution in [-0.2, 0) is 10.0 Å². The molecule has 2 aromatic carbocycles. The molecule has 5 rings (SSSR count). The number of piperazine rings is 1. The molecule has 1 fully saturated rings. The quantitative estimate of drug-likeness (QED) is 0.257. The van der Waals surface area contributed by atoms with Gasteiger partial charge in [0, 0.05) is 44.1 Å². The number of anilines is 5. The van der Waals surface area contributed by atoms with E-state index in [4.69, 9.17) is 10.5 Å². The van der Waals surface area contributed by atoms with Crippen LogP contribution in [0.25, 0.3) is 11.0 Å². The Hall–Kier alpha value is -4.43. The number of halogens is 1. The summed E-state index contributed by atoms with van der Waals surface area (Å²) in [4.78, 5) is 24.8. The number of aromatic nitrogens is 3. The average Bonchev–Trinajstić information content (AvgIpc) is 3.37. The van der Waals surface area contributed by atoms with Gasteiger partial charge in [0.2, 0.25) is 21.5 Å². The summed E-state index contributed by atoms with van der Waals surface area (Å²) >= 11 is 0. The van der Waals surface area contributed by atoms with E-state index in [2.05, 4.69) is 30.5 Å². The van der Waals surface area contributed by atoms with Gasteiger partial charge >= 0.3 is 5.95 Å². The fourth-order valence-corrected chi connectivity index (χ4v) is 5.36. The summed E-state index contributed by atoms with van der Waals surface area (Å²) < 4.78 is 45.1. The van der Waals surface area contributed by atoms with Gasteiger partial charge in [-0.3, -0.25) is 15.1 Å². The minimum absolute atomic E-state index is 0.188. The van der Waals surface area contributed by atoms with E-state index in [0.717, 1.165) is 11.8 Å². The highest BCUT2D eigenvalue weighted by atomic mass is 32.2. The van der Waals surface area contributed by atoms with Crippen LogP contribution in [0.4, 0.5) is 33.2 Å².